The number of hydrogen-bond acceptors (Lipinski definition) is 6. The second kappa shape index (κ2) is 9.97. The Labute approximate surface area is 214 Å². The van der Waals surface area contributed by atoms with Crippen molar-refractivity contribution in [2.45, 2.75) is 19.0 Å². The molecule has 3 heterocycles. The number of hydrazone groups is 1. The minimum atomic E-state index is -0.347. The molecule has 0 saturated carbocycles. The van der Waals surface area contributed by atoms with Gasteiger partial charge in [-0.25, -0.2) is 9.69 Å². The van der Waals surface area contributed by atoms with E-state index in [1.54, 1.807) is 24.5 Å². The molecular weight excluding hydrogens is 528 g/mol. The van der Waals surface area contributed by atoms with Crippen molar-refractivity contribution in [1.82, 2.24) is 14.8 Å². The molecule has 0 spiro atoms. The van der Waals surface area contributed by atoms with Crippen LogP contribution in [0.3, 0.4) is 0 Å². The normalized spacial score (nSPS) is 15.2. The van der Waals surface area contributed by atoms with Gasteiger partial charge in [0.25, 0.3) is 11.5 Å². The molecule has 176 valence electrons. The van der Waals surface area contributed by atoms with E-state index >= 15 is 0 Å². The molecule has 9 heteroatoms. The van der Waals surface area contributed by atoms with Gasteiger partial charge >= 0.3 is 0 Å². The molecule has 35 heavy (non-hydrogen) atoms. The molecule has 0 bridgehead atoms. The van der Waals surface area contributed by atoms with E-state index in [0.717, 1.165) is 31.9 Å². The van der Waals surface area contributed by atoms with E-state index < -0.39 is 0 Å². The molecule has 2 aromatic heterocycles. The highest BCUT2D eigenvalue weighted by molar-refractivity contribution is 9.10. The second-order valence-electron chi connectivity index (χ2n) is 7.98. The van der Waals surface area contributed by atoms with Crippen LogP contribution in [0.1, 0.15) is 22.9 Å². The second-order valence-corrected chi connectivity index (χ2v) is 9.84. The molecule has 1 atom stereocenters. The number of carbonyl (C=O) groups excluding carboxylic acids is 1. The maximum absolute atomic E-state index is 13.5. The highest BCUT2D eigenvalue weighted by Gasteiger charge is 2.33. The van der Waals surface area contributed by atoms with Gasteiger partial charge in [-0.2, -0.15) is 10.2 Å². The maximum Gasteiger partial charge on any atom is 0.267 e. The molecule has 2 aromatic carbocycles. The van der Waals surface area contributed by atoms with Crippen molar-refractivity contribution >= 4 is 38.9 Å². The van der Waals surface area contributed by atoms with Crippen LogP contribution in [-0.2, 0) is 11.3 Å². The Kier molecular flexibility index (Phi) is 6.61. The van der Waals surface area contributed by atoms with Gasteiger partial charge in [0.05, 0.1) is 29.4 Å². The fourth-order valence-corrected chi connectivity index (χ4v) is 5.10. The van der Waals surface area contributed by atoms with Crippen molar-refractivity contribution in [1.29, 1.82) is 0 Å². The number of hydrogen-bond donors (Lipinski definition) is 0. The lowest BCUT2D eigenvalue weighted by Crippen LogP contribution is -2.34. The third-order valence-electron chi connectivity index (χ3n) is 5.74. The van der Waals surface area contributed by atoms with Gasteiger partial charge in [0.2, 0.25) is 0 Å². The summed E-state index contributed by atoms with van der Waals surface area (Å²) in [6, 6.07) is 22.0. The van der Waals surface area contributed by atoms with Crippen LogP contribution in [0.15, 0.2) is 92.5 Å². The number of amides is 1. The van der Waals surface area contributed by atoms with Crippen molar-refractivity contribution in [3.8, 4) is 17.0 Å². The van der Waals surface area contributed by atoms with Gasteiger partial charge in [-0.3, -0.25) is 9.59 Å². The third kappa shape index (κ3) is 4.96. The lowest BCUT2D eigenvalue weighted by Gasteiger charge is -2.22. The SMILES string of the molecule is COc1ccc(C2CC(c3cccs3)=NN2C(=O)Cn2nc(-c3cccc(Br)c3)ccc2=O)cc1. The van der Waals surface area contributed by atoms with Crippen molar-refractivity contribution in [3.63, 3.8) is 0 Å². The van der Waals surface area contributed by atoms with Gasteiger partial charge in [-0.15, -0.1) is 11.3 Å². The topological polar surface area (TPSA) is 76.8 Å². The monoisotopic (exact) mass is 548 g/mol. The molecule has 7 nitrogen and oxygen atoms in total. The Morgan fingerprint density at radius 2 is 1.94 bits per heavy atom. The molecule has 1 aliphatic rings. The van der Waals surface area contributed by atoms with Gasteiger partial charge in [0.1, 0.15) is 12.3 Å². The Morgan fingerprint density at radius 3 is 2.66 bits per heavy atom. The zero-order valence-corrected chi connectivity index (χ0v) is 21.2. The molecule has 1 amide bonds. The highest BCUT2D eigenvalue weighted by atomic mass is 79.9. The van der Waals surface area contributed by atoms with Crippen molar-refractivity contribution in [2.75, 3.05) is 7.11 Å². The van der Waals surface area contributed by atoms with E-state index in [0.29, 0.717) is 12.1 Å². The number of benzene rings is 2. The molecule has 0 N–H and O–H groups in total. The quantitative estimate of drug-likeness (QED) is 0.335. The molecule has 0 fully saturated rings. The molecular formula is C26H21BrN4O3S. The third-order valence-corrected chi connectivity index (χ3v) is 7.16. The summed E-state index contributed by atoms with van der Waals surface area (Å²) >= 11 is 5.04. The number of ether oxygens (including phenoxy) is 1. The smallest absolute Gasteiger partial charge is 0.267 e. The summed E-state index contributed by atoms with van der Waals surface area (Å²) in [6.45, 7) is -0.214. The van der Waals surface area contributed by atoms with Gasteiger partial charge in [-0.1, -0.05) is 46.3 Å². The van der Waals surface area contributed by atoms with E-state index in [9.17, 15) is 9.59 Å². The summed E-state index contributed by atoms with van der Waals surface area (Å²) in [5.41, 5.74) is 2.89. The van der Waals surface area contributed by atoms with Crippen molar-refractivity contribution in [3.05, 3.63) is 103 Å². The fourth-order valence-electron chi connectivity index (χ4n) is 3.98. The zero-order valence-electron chi connectivity index (χ0n) is 18.8. The predicted molar refractivity (Wildman–Crippen MR) is 140 cm³/mol. The first kappa shape index (κ1) is 23.2. The molecule has 0 saturated heterocycles. The van der Waals surface area contributed by atoms with Gasteiger partial charge < -0.3 is 4.74 Å². The van der Waals surface area contributed by atoms with Crippen LogP contribution in [0.25, 0.3) is 11.3 Å². The number of thiophene rings is 1. The number of aromatic nitrogens is 2. The number of nitrogens with zero attached hydrogens (tertiary/aromatic N) is 4. The van der Waals surface area contributed by atoms with Gasteiger partial charge in [0.15, 0.2) is 0 Å². The summed E-state index contributed by atoms with van der Waals surface area (Å²) in [4.78, 5) is 27.1. The van der Waals surface area contributed by atoms with Crippen molar-refractivity contribution in [2.24, 2.45) is 5.10 Å². The molecule has 5 rings (SSSR count). The van der Waals surface area contributed by atoms with E-state index in [-0.39, 0.29) is 24.1 Å². The number of carbonyl (C=O) groups is 1. The van der Waals surface area contributed by atoms with Crippen LogP contribution in [0.4, 0.5) is 0 Å². The standard InChI is InChI=1S/C26H21BrN4O3S/c1-34-20-9-7-17(8-10-20)23-15-22(24-6-3-13-35-24)29-31(23)26(33)16-30-25(32)12-11-21(28-30)18-4-2-5-19(27)14-18/h2-14,23H,15-16H2,1H3. The van der Waals surface area contributed by atoms with E-state index in [1.807, 2.05) is 66.0 Å². The Morgan fingerprint density at radius 1 is 1.11 bits per heavy atom. The first-order valence-corrected chi connectivity index (χ1v) is 12.6. The van der Waals surface area contributed by atoms with Crippen LogP contribution < -0.4 is 10.3 Å². The largest absolute Gasteiger partial charge is 0.497 e. The van der Waals surface area contributed by atoms with Crippen molar-refractivity contribution < 1.29 is 9.53 Å². The lowest BCUT2D eigenvalue weighted by molar-refractivity contribution is -0.133. The first-order valence-electron chi connectivity index (χ1n) is 10.9. The Hall–Kier alpha value is -3.56. The molecule has 0 aliphatic carbocycles. The van der Waals surface area contributed by atoms with Crippen LogP contribution in [-0.4, -0.2) is 33.5 Å². The Bertz CT molecular complexity index is 1450. The number of methoxy groups -OCH3 is 1. The van der Waals surface area contributed by atoms with E-state index in [1.165, 1.54) is 15.8 Å². The average molecular weight is 549 g/mol. The van der Waals surface area contributed by atoms with Crippen LogP contribution in [0, 0.1) is 0 Å². The predicted octanol–water partition coefficient (Wildman–Crippen LogP) is 5.12. The van der Waals surface area contributed by atoms with E-state index in [4.69, 9.17) is 4.74 Å². The maximum atomic E-state index is 13.5. The fraction of sp³-hybridized carbons (Fsp3) is 0.154. The number of halogens is 1. The molecule has 0 radical (unpaired) electrons. The first-order chi connectivity index (χ1) is 17.0. The molecule has 1 aliphatic heterocycles. The van der Waals surface area contributed by atoms with Crippen LogP contribution >= 0.6 is 27.3 Å². The highest BCUT2D eigenvalue weighted by Crippen LogP contribution is 2.34. The minimum absolute atomic E-state index is 0.214. The Balaban J connectivity index is 1.46. The van der Waals surface area contributed by atoms with Gasteiger partial charge in [0, 0.05) is 22.5 Å². The number of rotatable bonds is 6. The minimum Gasteiger partial charge on any atom is -0.497 e. The molecule has 4 aromatic rings. The van der Waals surface area contributed by atoms with Gasteiger partial charge in [-0.05, 0) is 47.3 Å². The summed E-state index contributed by atoms with van der Waals surface area (Å²) in [6.07, 6.45) is 0.582. The average Bonchev–Trinajstić information content (AvgIpc) is 3.56. The van der Waals surface area contributed by atoms with Crippen LogP contribution in [0.5, 0.6) is 5.75 Å². The summed E-state index contributed by atoms with van der Waals surface area (Å²) in [7, 11) is 1.62. The lowest BCUT2D eigenvalue weighted by atomic mass is 10.0. The summed E-state index contributed by atoms with van der Waals surface area (Å²) < 4.78 is 7.38. The molecule has 1 unspecified atom stereocenters. The summed E-state index contributed by atoms with van der Waals surface area (Å²) in [5, 5.41) is 12.6. The zero-order chi connectivity index (χ0) is 24.4. The van der Waals surface area contributed by atoms with Crippen LogP contribution in [0.2, 0.25) is 0 Å². The summed E-state index contributed by atoms with van der Waals surface area (Å²) in [5.74, 6) is 0.433. The van der Waals surface area contributed by atoms with E-state index in [2.05, 4.69) is 26.1 Å².